The van der Waals surface area contributed by atoms with Gasteiger partial charge in [-0.3, -0.25) is 4.68 Å². The van der Waals surface area contributed by atoms with Crippen molar-refractivity contribution in [1.29, 1.82) is 0 Å². The van der Waals surface area contributed by atoms with E-state index in [9.17, 15) is 9.18 Å². The standard InChI is InChI=1S/C14H17FN4O2/c1-4-21-14(20)12-8(2)19(3)18-13(12)17-11-6-5-9(15)7-10(11)16/h5-7H,4,16H2,1-3H3,(H,17,18). The van der Waals surface area contributed by atoms with Gasteiger partial charge < -0.3 is 15.8 Å². The van der Waals surface area contributed by atoms with Gasteiger partial charge >= 0.3 is 5.97 Å². The van der Waals surface area contributed by atoms with E-state index in [1.54, 1.807) is 25.6 Å². The van der Waals surface area contributed by atoms with E-state index < -0.39 is 11.8 Å². The minimum atomic E-state index is -0.466. The Bertz CT molecular complexity index is 682. The zero-order valence-electron chi connectivity index (χ0n) is 12.1. The number of aromatic nitrogens is 2. The number of hydrogen-bond donors (Lipinski definition) is 2. The Morgan fingerprint density at radius 2 is 2.24 bits per heavy atom. The maximum absolute atomic E-state index is 13.1. The number of anilines is 3. The Morgan fingerprint density at radius 1 is 1.52 bits per heavy atom. The van der Waals surface area contributed by atoms with Gasteiger partial charge in [0.2, 0.25) is 0 Å². The van der Waals surface area contributed by atoms with Crippen LogP contribution in [0.2, 0.25) is 0 Å². The molecule has 3 N–H and O–H groups in total. The van der Waals surface area contributed by atoms with Crippen LogP contribution in [0.3, 0.4) is 0 Å². The van der Waals surface area contributed by atoms with E-state index in [4.69, 9.17) is 10.5 Å². The zero-order valence-corrected chi connectivity index (χ0v) is 12.1. The molecular formula is C14H17FN4O2. The number of esters is 1. The van der Waals surface area contributed by atoms with Gasteiger partial charge in [-0.25, -0.2) is 9.18 Å². The van der Waals surface area contributed by atoms with Gasteiger partial charge in [0.25, 0.3) is 0 Å². The Hall–Kier alpha value is -2.57. The third-order valence-electron chi connectivity index (χ3n) is 3.08. The summed E-state index contributed by atoms with van der Waals surface area (Å²) < 4.78 is 19.7. The molecule has 0 unspecified atom stereocenters. The molecule has 0 saturated carbocycles. The van der Waals surface area contributed by atoms with E-state index in [0.29, 0.717) is 22.8 Å². The number of aryl methyl sites for hydroxylation is 1. The van der Waals surface area contributed by atoms with Crippen LogP contribution >= 0.6 is 0 Å². The summed E-state index contributed by atoms with van der Waals surface area (Å²) in [6.45, 7) is 3.76. The van der Waals surface area contributed by atoms with Crippen LogP contribution in [0.25, 0.3) is 0 Å². The molecule has 0 aliphatic carbocycles. The Kier molecular flexibility index (Phi) is 4.11. The molecule has 0 bridgehead atoms. The van der Waals surface area contributed by atoms with Crippen molar-refractivity contribution in [3.8, 4) is 0 Å². The molecule has 6 nitrogen and oxygen atoms in total. The molecule has 0 spiro atoms. The molecule has 2 rings (SSSR count). The Balaban J connectivity index is 2.40. The molecule has 0 radical (unpaired) electrons. The van der Waals surface area contributed by atoms with Crippen molar-refractivity contribution in [2.24, 2.45) is 7.05 Å². The number of nitrogens with zero attached hydrogens (tertiary/aromatic N) is 2. The van der Waals surface area contributed by atoms with Crippen molar-refractivity contribution >= 4 is 23.2 Å². The number of halogens is 1. The summed E-state index contributed by atoms with van der Waals surface area (Å²) in [5, 5.41) is 7.17. The van der Waals surface area contributed by atoms with Crippen LogP contribution in [0.15, 0.2) is 18.2 Å². The predicted octanol–water partition coefficient (Wildman–Crippen LogP) is 2.37. The second-order valence-corrected chi connectivity index (χ2v) is 4.51. The number of ether oxygens (including phenoxy) is 1. The van der Waals surface area contributed by atoms with Gasteiger partial charge in [-0.2, -0.15) is 5.10 Å². The summed E-state index contributed by atoms with van der Waals surface area (Å²) in [4.78, 5) is 12.0. The van der Waals surface area contributed by atoms with Crippen LogP contribution in [-0.4, -0.2) is 22.4 Å². The van der Waals surface area contributed by atoms with Gasteiger partial charge in [0.15, 0.2) is 5.82 Å². The maximum Gasteiger partial charge on any atom is 0.343 e. The molecule has 0 saturated heterocycles. The molecule has 7 heteroatoms. The fourth-order valence-electron chi connectivity index (χ4n) is 1.92. The molecule has 0 amide bonds. The Labute approximate surface area is 121 Å². The van der Waals surface area contributed by atoms with Crippen LogP contribution in [0.4, 0.5) is 21.6 Å². The van der Waals surface area contributed by atoms with Crippen LogP contribution < -0.4 is 11.1 Å². The first-order chi connectivity index (χ1) is 9.93. The molecule has 1 aromatic heterocycles. The minimum Gasteiger partial charge on any atom is -0.462 e. The number of carbonyl (C=O) groups is 1. The summed E-state index contributed by atoms with van der Waals surface area (Å²) in [5.41, 5.74) is 7.45. The fraction of sp³-hybridized carbons (Fsp3) is 0.286. The van der Waals surface area contributed by atoms with Crippen molar-refractivity contribution in [2.45, 2.75) is 13.8 Å². The SMILES string of the molecule is CCOC(=O)c1c(Nc2ccc(F)cc2N)nn(C)c1C. The second kappa shape index (κ2) is 5.82. The quantitative estimate of drug-likeness (QED) is 0.668. The summed E-state index contributed by atoms with van der Waals surface area (Å²) in [7, 11) is 1.72. The van der Waals surface area contributed by atoms with Crippen molar-refractivity contribution < 1.29 is 13.9 Å². The third-order valence-corrected chi connectivity index (χ3v) is 3.08. The van der Waals surface area contributed by atoms with Crippen molar-refractivity contribution in [3.05, 3.63) is 35.3 Å². The minimum absolute atomic E-state index is 0.230. The highest BCUT2D eigenvalue weighted by Crippen LogP contribution is 2.27. The molecule has 0 atom stereocenters. The molecule has 0 aliphatic heterocycles. The fourth-order valence-corrected chi connectivity index (χ4v) is 1.92. The zero-order chi connectivity index (χ0) is 15.6. The summed E-state index contributed by atoms with van der Waals surface area (Å²) >= 11 is 0. The van der Waals surface area contributed by atoms with Gasteiger partial charge in [-0.15, -0.1) is 0 Å². The maximum atomic E-state index is 13.1. The van der Waals surface area contributed by atoms with E-state index >= 15 is 0 Å². The largest absolute Gasteiger partial charge is 0.462 e. The van der Waals surface area contributed by atoms with Gasteiger partial charge in [-0.05, 0) is 32.0 Å². The van der Waals surface area contributed by atoms with E-state index in [0.717, 1.165) is 0 Å². The normalized spacial score (nSPS) is 10.5. The number of carbonyl (C=O) groups excluding carboxylic acids is 1. The summed E-state index contributed by atoms with van der Waals surface area (Å²) in [5.74, 6) is -0.570. The van der Waals surface area contributed by atoms with Gasteiger partial charge in [0, 0.05) is 7.05 Å². The van der Waals surface area contributed by atoms with Crippen LogP contribution in [0.1, 0.15) is 23.0 Å². The van der Waals surface area contributed by atoms with E-state index in [1.165, 1.54) is 18.2 Å². The van der Waals surface area contributed by atoms with Crippen molar-refractivity contribution in [1.82, 2.24) is 9.78 Å². The molecule has 21 heavy (non-hydrogen) atoms. The van der Waals surface area contributed by atoms with E-state index in [-0.39, 0.29) is 12.3 Å². The molecule has 0 fully saturated rings. The number of benzene rings is 1. The van der Waals surface area contributed by atoms with Gasteiger partial charge in [-0.1, -0.05) is 0 Å². The van der Waals surface area contributed by atoms with E-state index in [2.05, 4.69) is 10.4 Å². The van der Waals surface area contributed by atoms with Gasteiger partial charge in [0.1, 0.15) is 11.4 Å². The van der Waals surface area contributed by atoms with Crippen LogP contribution in [0, 0.1) is 12.7 Å². The molecule has 1 heterocycles. The number of nitrogens with one attached hydrogen (secondary N) is 1. The van der Waals surface area contributed by atoms with Gasteiger partial charge in [0.05, 0.1) is 23.7 Å². The molecular weight excluding hydrogens is 275 g/mol. The first kappa shape index (κ1) is 14.8. The molecule has 2 aromatic rings. The number of hydrogen-bond acceptors (Lipinski definition) is 5. The lowest BCUT2D eigenvalue weighted by atomic mass is 10.2. The smallest absolute Gasteiger partial charge is 0.343 e. The lowest BCUT2D eigenvalue weighted by Crippen LogP contribution is -2.09. The summed E-state index contributed by atoms with van der Waals surface area (Å²) in [6, 6.07) is 3.96. The van der Waals surface area contributed by atoms with Crippen LogP contribution in [-0.2, 0) is 11.8 Å². The van der Waals surface area contributed by atoms with Crippen molar-refractivity contribution in [3.63, 3.8) is 0 Å². The van der Waals surface area contributed by atoms with E-state index in [1.807, 2.05) is 0 Å². The number of nitrogens with two attached hydrogens (primary N) is 1. The highest BCUT2D eigenvalue weighted by molar-refractivity contribution is 5.97. The number of nitrogen functional groups attached to an aromatic ring is 1. The highest BCUT2D eigenvalue weighted by Gasteiger charge is 2.21. The number of rotatable bonds is 4. The predicted molar refractivity (Wildman–Crippen MR) is 78.0 cm³/mol. The highest BCUT2D eigenvalue weighted by atomic mass is 19.1. The molecule has 112 valence electrons. The molecule has 0 aliphatic rings. The average Bonchev–Trinajstić information content (AvgIpc) is 2.69. The second-order valence-electron chi connectivity index (χ2n) is 4.51. The monoisotopic (exact) mass is 292 g/mol. The third kappa shape index (κ3) is 2.96. The first-order valence-electron chi connectivity index (χ1n) is 6.46. The molecule has 1 aromatic carbocycles. The van der Waals surface area contributed by atoms with Crippen molar-refractivity contribution in [2.75, 3.05) is 17.7 Å². The summed E-state index contributed by atoms with van der Waals surface area (Å²) in [6.07, 6.45) is 0. The average molecular weight is 292 g/mol. The lowest BCUT2D eigenvalue weighted by Gasteiger charge is -2.09. The van der Waals surface area contributed by atoms with Crippen LogP contribution in [0.5, 0.6) is 0 Å². The lowest BCUT2D eigenvalue weighted by molar-refractivity contribution is 0.0526. The Morgan fingerprint density at radius 3 is 2.86 bits per heavy atom. The first-order valence-corrected chi connectivity index (χ1v) is 6.46. The topological polar surface area (TPSA) is 82.2 Å².